The van der Waals surface area contributed by atoms with E-state index in [0.29, 0.717) is 29.0 Å². The van der Waals surface area contributed by atoms with Gasteiger partial charge in [-0.15, -0.1) is 16.8 Å². The molecular weight excluding hydrogens is 470 g/mol. The van der Waals surface area contributed by atoms with Crippen LogP contribution in [0, 0.1) is 10.1 Å². The SMILES string of the molecule is C=CCn1c(COc2ccccc2OC)nnc1SCC(=O)Nc1cc([N+](=O)[O-])ccc1Cl. The van der Waals surface area contributed by atoms with Gasteiger partial charge in [0.2, 0.25) is 5.91 Å². The van der Waals surface area contributed by atoms with Crippen LogP contribution < -0.4 is 14.8 Å². The molecule has 172 valence electrons. The molecule has 3 aromatic rings. The molecule has 1 N–H and O–H groups in total. The summed E-state index contributed by atoms with van der Waals surface area (Å²) < 4.78 is 12.9. The molecule has 33 heavy (non-hydrogen) atoms. The molecule has 2 aromatic carbocycles. The molecule has 0 saturated heterocycles. The van der Waals surface area contributed by atoms with Crippen LogP contribution in [0.4, 0.5) is 11.4 Å². The summed E-state index contributed by atoms with van der Waals surface area (Å²) in [5.41, 5.74) is -0.0114. The number of benzene rings is 2. The van der Waals surface area contributed by atoms with E-state index in [1.807, 2.05) is 12.1 Å². The maximum atomic E-state index is 12.4. The highest BCUT2D eigenvalue weighted by Gasteiger charge is 2.16. The Morgan fingerprint density at radius 2 is 2.06 bits per heavy atom. The van der Waals surface area contributed by atoms with Gasteiger partial charge in [0.1, 0.15) is 6.61 Å². The van der Waals surface area contributed by atoms with Crippen LogP contribution in [-0.2, 0) is 17.9 Å². The van der Waals surface area contributed by atoms with Gasteiger partial charge in [-0.05, 0) is 18.2 Å². The molecule has 0 bridgehead atoms. The molecule has 0 saturated carbocycles. The van der Waals surface area contributed by atoms with E-state index in [1.165, 1.54) is 18.2 Å². The van der Waals surface area contributed by atoms with Crippen molar-refractivity contribution in [2.24, 2.45) is 0 Å². The smallest absolute Gasteiger partial charge is 0.271 e. The molecule has 3 rings (SSSR count). The Kier molecular flexibility index (Phi) is 8.28. The second kappa shape index (κ2) is 11.3. The number of thioether (sulfide) groups is 1. The highest BCUT2D eigenvalue weighted by Crippen LogP contribution is 2.28. The third-order valence-electron chi connectivity index (χ3n) is 4.30. The molecule has 0 aliphatic carbocycles. The average Bonchev–Trinajstić information content (AvgIpc) is 3.19. The quantitative estimate of drug-likeness (QED) is 0.183. The molecule has 0 aliphatic heterocycles. The number of nitro groups is 1. The lowest BCUT2D eigenvalue weighted by atomic mass is 10.3. The Morgan fingerprint density at radius 3 is 2.76 bits per heavy atom. The zero-order valence-electron chi connectivity index (χ0n) is 17.6. The van der Waals surface area contributed by atoms with Crippen molar-refractivity contribution in [1.29, 1.82) is 0 Å². The first-order valence-electron chi connectivity index (χ1n) is 9.58. The number of allylic oxidation sites excluding steroid dienone is 1. The van der Waals surface area contributed by atoms with Gasteiger partial charge >= 0.3 is 0 Å². The van der Waals surface area contributed by atoms with Gasteiger partial charge < -0.3 is 14.8 Å². The summed E-state index contributed by atoms with van der Waals surface area (Å²) in [6, 6.07) is 11.1. The Hall–Kier alpha value is -3.57. The molecule has 0 aliphatic rings. The summed E-state index contributed by atoms with van der Waals surface area (Å²) in [6.07, 6.45) is 1.68. The lowest BCUT2D eigenvalue weighted by molar-refractivity contribution is -0.384. The van der Waals surface area contributed by atoms with E-state index in [-0.39, 0.29) is 28.8 Å². The zero-order valence-corrected chi connectivity index (χ0v) is 19.1. The van der Waals surface area contributed by atoms with Gasteiger partial charge in [0.15, 0.2) is 22.5 Å². The number of halogens is 1. The van der Waals surface area contributed by atoms with E-state index in [9.17, 15) is 14.9 Å². The summed E-state index contributed by atoms with van der Waals surface area (Å²) in [5, 5.41) is 22.5. The lowest BCUT2D eigenvalue weighted by Gasteiger charge is -2.11. The highest BCUT2D eigenvalue weighted by molar-refractivity contribution is 7.99. The first-order chi connectivity index (χ1) is 15.9. The Labute approximate surface area is 198 Å². The fourth-order valence-electron chi connectivity index (χ4n) is 2.76. The normalized spacial score (nSPS) is 10.5. The first-order valence-corrected chi connectivity index (χ1v) is 10.9. The second-order valence-corrected chi connectivity index (χ2v) is 7.85. The number of nitro benzene ring substituents is 1. The fourth-order valence-corrected chi connectivity index (χ4v) is 3.70. The van der Waals surface area contributed by atoms with Crippen LogP contribution >= 0.6 is 23.4 Å². The molecule has 0 spiro atoms. The molecule has 1 amide bonds. The van der Waals surface area contributed by atoms with Crippen molar-refractivity contribution < 1.29 is 19.2 Å². The molecule has 0 radical (unpaired) electrons. The maximum Gasteiger partial charge on any atom is 0.271 e. The summed E-state index contributed by atoms with van der Waals surface area (Å²) in [6.45, 7) is 4.30. The van der Waals surface area contributed by atoms with E-state index in [0.717, 1.165) is 11.8 Å². The fraction of sp³-hybridized carbons (Fsp3) is 0.190. The summed E-state index contributed by atoms with van der Waals surface area (Å²) in [4.78, 5) is 22.8. The van der Waals surface area contributed by atoms with Crippen LogP contribution in [0.25, 0.3) is 0 Å². The number of nitrogens with one attached hydrogen (secondary N) is 1. The number of hydrogen-bond acceptors (Lipinski definition) is 8. The van der Waals surface area contributed by atoms with Crippen molar-refractivity contribution >= 4 is 40.6 Å². The number of ether oxygens (including phenoxy) is 2. The Morgan fingerprint density at radius 1 is 1.30 bits per heavy atom. The summed E-state index contributed by atoms with van der Waals surface area (Å²) >= 11 is 7.19. The van der Waals surface area contributed by atoms with E-state index < -0.39 is 10.8 Å². The van der Waals surface area contributed by atoms with Crippen LogP contribution in [0.1, 0.15) is 5.82 Å². The molecule has 0 fully saturated rings. The van der Waals surface area contributed by atoms with Crippen molar-refractivity contribution in [3.05, 3.63) is 76.1 Å². The Balaban J connectivity index is 1.66. The number of non-ortho nitro benzene ring substituents is 1. The standard InChI is InChI=1S/C21H20ClN5O5S/c1-3-10-26-19(12-32-18-7-5-4-6-17(18)31-2)24-25-21(26)33-13-20(28)23-16-11-14(27(29)30)8-9-15(16)22/h3-9,11H,1,10,12-13H2,2H3,(H,23,28). The molecule has 0 unspecified atom stereocenters. The number of nitrogens with zero attached hydrogens (tertiary/aromatic N) is 4. The molecule has 10 nitrogen and oxygen atoms in total. The van der Waals surface area contributed by atoms with Gasteiger partial charge in [-0.2, -0.15) is 0 Å². The average molecular weight is 490 g/mol. The van der Waals surface area contributed by atoms with Crippen molar-refractivity contribution in [3.63, 3.8) is 0 Å². The predicted molar refractivity (Wildman–Crippen MR) is 125 cm³/mol. The van der Waals surface area contributed by atoms with Gasteiger partial charge in [-0.3, -0.25) is 19.5 Å². The minimum atomic E-state index is -0.562. The topological polar surface area (TPSA) is 121 Å². The summed E-state index contributed by atoms with van der Waals surface area (Å²) in [7, 11) is 1.56. The van der Waals surface area contributed by atoms with Crippen LogP contribution in [0.15, 0.2) is 60.3 Å². The monoisotopic (exact) mass is 489 g/mol. The van der Waals surface area contributed by atoms with Crippen molar-refractivity contribution in [2.75, 3.05) is 18.2 Å². The van der Waals surface area contributed by atoms with Crippen LogP contribution in [-0.4, -0.2) is 38.5 Å². The van der Waals surface area contributed by atoms with Gasteiger partial charge in [-0.25, -0.2) is 0 Å². The number of rotatable bonds is 11. The molecule has 0 atom stereocenters. The predicted octanol–water partition coefficient (Wildman–Crippen LogP) is 4.34. The van der Waals surface area contributed by atoms with Crippen molar-refractivity contribution in [2.45, 2.75) is 18.3 Å². The van der Waals surface area contributed by atoms with E-state index in [2.05, 4.69) is 22.1 Å². The number of carbonyl (C=O) groups excluding carboxylic acids is 1. The molecular formula is C21H20ClN5O5S. The Bertz CT molecular complexity index is 1170. The van der Waals surface area contributed by atoms with Gasteiger partial charge in [0.25, 0.3) is 5.69 Å². The van der Waals surface area contributed by atoms with Crippen LogP contribution in [0.5, 0.6) is 11.5 Å². The number of amides is 1. The second-order valence-electron chi connectivity index (χ2n) is 6.50. The van der Waals surface area contributed by atoms with Crippen LogP contribution in [0.3, 0.4) is 0 Å². The largest absolute Gasteiger partial charge is 0.493 e. The van der Waals surface area contributed by atoms with E-state index in [1.54, 1.807) is 29.9 Å². The summed E-state index contributed by atoms with van der Waals surface area (Å²) in [5.74, 6) is 1.29. The number of hydrogen-bond donors (Lipinski definition) is 1. The number of anilines is 1. The molecule has 1 aromatic heterocycles. The molecule has 1 heterocycles. The molecule has 12 heteroatoms. The lowest BCUT2D eigenvalue weighted by Crippen LogP contribution is -2.15. The van der Waals surface area contributed by atoms with E-state index >= 15 is 0 Å². The zero-order chi connectivity index (χ0) is 23.8. The van der Waals surface area contributed by atoms with Crippen molar-refractivity contribution in [1.82, 2.24) is 14.8 Å². The number of methoxy groups -OCH3 is 1. The van der Waals surface area contributed by atoms with Gasteiger partial charge in [-0.1, -0.05) is 41.6 Å². The number of carbonyl (C=O) groups is 1. The van der Waals surface area contributed by atoms with Crippen LogP contribution in [0.2, 0.25) is 5.02 Å². The minimum Gasteiger partial charge on any atom is -0.493 e. The first kappa shape index (κ1) is 24.1. The van der Waals surface area contributed by atoms with Gasteiger partial charge in [0.05, 0.1) is 28.5 Å². The maximum absolute atomic E-state index is 12.4. The van der Waals surface area contributed by atoms with Gasteiger partial charge in [0, 0.05) is 18.7 Å². The van der Waals surface area contributed by atoms with E-state index in [4.69, 9.17) is 21.1 Å². The van der Waals surface area contributed by atoms with Crippen molar-refractivity contribution in [3.8, 4) is 11.5 Å². The third-order valence-corrected chi connectivity index (χ3v) is 5.59. The number of aromatic nitrogens is 3. The third kappa shape index (κ3) is 6.24. The minimum absolute atomic E-state index is 0.0122. The number of para-hydroxylation sites is 2. The highest BCUT2D eigenvalue weighted by atomic mass is 35.5.